The summed E-state index contributed by atoms with van der Waals surface area (Å²) in [6.07, 6.45) is 0.838. The Morgan fingerprint density at radius 3 is 2.48 bits per heavy atom. The van der Waals surface area contributed by atoms with Gasteiger partial charge in [0.15, 0.2) is 17.5 Å². The lowest BCUT2D eigenvalue weighted by atomic mass is 10.1. The van der Waals surface area contributed by atoms with Crippen LogP contribution in [0, 0.1) is 6.92 Å². The van der Waals surface area contributed by atoms with Gasteiger partial charge in [-0.25, -0.2) is 0 Å². The second-order valence-electron chi connectivity index (χ2n) is 6.44. The van der Waals surface area contributed by atoms with E-state index < -0.39 is 0 Å². The van der Waals surface area contributed by atoms with Crippen molar-refractivity contribution in [1.29, 1.82) is 0 Å². The largest absolute Gasteiger partial charge is 0.493 e. The van der Waals surface area contributed by atoms with Crippen LogP contribution in [0.1, 0.15) is 16.9 Å². The molecule has 2 N–H and O–H groups in total. The van der Waals surface area contributed by atoms with Crippen LogP contribution in [-0.4, -0.2) is 33.8 Å². The van der Waals surface area contributed by atoms with Crippen molar-refractivity contribution >= 4 is 40.9 Å². The minimum absolute atomic E-state index is 0. The molecular formula is C22H28IN3O3. The summed E-state index contributed by atoms with van der Waals surface area (Å²) in [5.74, 6) is 3.13. The Hall–Kier alpha value is -2.42. The summed E-state index contributed by atoms with van der Waals surface area (Å²) in [6.45, 7) is 3.40. The normalized spacial score (nSPS) is 11.1. The number of rotatable bonds is 7. The van der Waals surface area contributed by atoms with Crippen molar-refractivity contribution in [3.63, 3.8) is 0 Å². The monoisotopic (exact) mass is 509 g/mol. The van der Waals surface area contributed by atoms with Crippen molar-refractivity contribution in [3.8, 4) is 11.5 Å². The van der Waals surface area contributed by atoms with E-state index in [4.69, 9.17) is 13.9 Å². The predicted octanol–water partition coefficient (Wildman–Crippen LogP) is 4.28. The quantitative estimate of drug-likeness (QED) is 0.283. The maximum atomic E-state index is 5.94. The summed E-state index contributed by atoms with van der Waals surface area (Å²) in [5, 5.41) is 7.80. The molecule has 29 heavy (non-hydrogen) atoms. The number of furan rings is 1. The van der Waals surface area contributed by atoms with E-state index >= 15 is 0 Å². The van der Waals surface area contributed by atoms with E-state index in [0.717, 1.165) is 58.3 Å². The Bertz CT molecular complexity index is 969. The minimum Gasteiger partial charge on any atom is -0.493 e. The second-order valence-corrected chi connectivity index (χ2v) is 6.44. The third-order valence-corrected chi connectivity index (χ3v) is 4.74. The van der Waals surface area contributed by atoms with Crippen LogP contribution in [0.2, 0.25) is 0 Å². The van der Waals surface area contributed by atoms with Crippen LogP contribution in [0.15, 0.2) is 51.9 Å². The molecule has 0 aliphatic carbocycles. The summed E-state index contributed by atoms with van der Waals surface area (Å²) in [7, 11) is 5.04. The maximum Gasteiger partial charge on any atom is 0.191 e. The molecule has 0 unspecified atom stereocenters. The zero-order chi connectivity index (χ0) is 19.9. The number of hydrogen-bond acceptors (Lipinski definition) is 4. The topological polar surface area (TPSA) is 68.0 Å². The third-order valence-electron chi connectivity index (χ3n) is 4.74. The first-order valence-corrected chi connectivity index (χ1v) is 9.28. The number of ether oxygens (including phenoxy) is 2. The van der Waals surface area contributed by atoms with Gasteiger partial charge in [0.2, 0.25) is 0 Å². The van der Waals surface area contributed by atoms with E-state index in [1.807, 2.05) is 36.4 Å². The Morgan fingerprint density at radius 2 is 1.79 bits per heavy atom. The molecule has 0 saturated heterocycles. The van der Waals surface area contributed by atoms with Crippen molar-refractivity contribution in [2.45, 2.75) is 19.9 Å². The van der Waals surface area contributed by atoms with E-state index in [1.54, 1.807) is 21.3 Å². The summed E-state index contributed by atoms with van der Waals surface area (Å²) in [6, 6.07) is 14.0. The summed E-state index contributed by atoms with van der Waals surface area (Å²) in [4.78, 5) is 4.29. The fraction of sp³-hybridized carbons (Fsp3) is 0.318. The lowest BCUT2D eigenvalue weighted by Gasteiger charge is -2.12. The number of aryl methyl sites for hydroxylation is 1. The lowest BCUT2D eigenvalue weighted by Crippen LogP contribution is -2.37. The van der Waals surface area contributed by atoms with Gasteiger partial charge in [0.1, 0.15) is 11.3 Å². The maximum absolute atomic E-state index is 5.94. The zero-order valence-corrected chi connectivity index (χ0v) is 19.6. The Kier molecular flexibility index (Phi) is 8.63. The number of benzene rings is 2. The number of aliphatic imine (C=N–C) groups is 1. The third kappa shape index (κ3) is 5.56. The molecule has 0 fully saturated rings. The van der Waals surface area contributed by atoms with E-state index in [-0.39, 0.29) is 24.0 Å². The van der Waals surface area contributed by atoms with E-state index in [2.05, 4.69) is 28.6 Å². The molecular weight excluding hydrogens is 481 g/mol. The standard InChI is InChI=1S/C22H27N3O3.HI/c1-15-17-7-5-6-8-18(17)28-21(15)14-25-22(23-2)24-12-11-16-9-10-19(26-3)20(13-16)27-4;/h5-10,13H,11-12,14H2,1-4H3,(H2,23,24,25);1H. The molecule has 7 heteroatoms. The van der Waals surface area contributed by atoms with Gasteiger partial charge in [-0.1, -0.05) is 24.3 Å². The fourth-order valence-electron chi connectivity index (χ4n) is 3.14. The number of halogens is 1. The SMILES string of the molecule is CN=C(NCCc1ccc(OC)c(OC)c1)NCc1oc2ccccc2c1C.I. The van der Waals surface area contributed by atoms with Gasteiger partial charge >= 0.3 is 0 Å². The van der Waals surface area contributed by atoms with Gasteiger partial charge in [-0.2, -0.15) is 0 Å². The highest BCUT2D eigenvalue weighted by molar-refractivity contribution is 14.0. The van der Waals surface area contributed by atoms with E-state index in [0.29, 0.717) is 6.54 Å². The predicted molar refractivity (Wildman–Crippen MR) is 128 cm³/mol. The van der Waals surface area contributed by atoms with Crippen LogP contribution < -0.4 is 20.1 Å². The number of nitrogens with zero attached hydrogens (tertiary/aromatic N) is 1. The van der Waals surface area contributed by atoms with Crippen molar-refractivity contribution < 1.29 is 13.9 Å². The van der Waals surface area contributed by atoms with Gasteiger partial charge in [0.25, 0.3) is 0 Å². The molecule has 1 aromatic heterocycles. The first-order chi connectivity index (χ1) is 13.7. The molecule has 3 rings (SSSR count). The molecule has 0 aliphatic heterocycles. The highest BCUT2D eigenvalue weighted by Crippen LogP contribution is 2.27. The average molecular weight is 509 g/mol. The Morgan fingerprint density at radius 1 is 1.03 bits per heavy atom. The van der Waals surface area contributed by atoms with Crippen LogP contribution in [0.3, 0.4) is 0 Å². The van der Waals surface area contributed by atoms with Crippen molar-refractivity contribution in [2.24, 2.45) is 4.99 Å². The number of hydrogen-bond donors (Lipinski definition) is 2. The Labute approximate surface area is 188 Å². The van der Waals surface area contributed by atoms with Crippen LogP contribution in [0.4, 0.5) is 0 Å². The molecule has 6 nitrogen and oxygen atoms in total. The average Bonchev–Trinajstić information content (AvgIpc) is 3.06. The lowest BCUT2D eigenvalue weighted by molar-refractivity contribution is 0.354. The van der Waals surface area contributed by atoms with Gasteiger partial charge in [0, 0.05) is 24.5 Å². The van der Waals surface area contributed by atoms with E-state index in [1.165, 1.54) is 0 Å². The number of fused-ring (bicyclic) bond motifs is 1. The number of guanidine groups is 1. The molecule has 3 aromatic rings. The van der Waals surface area contributed by atoms with Gasteiger partial charge < -0.3 is 24.5 Å². The van der Waals surface area contributed by atoms with Crippen molar-refractivity contribution in [2.75, 3.05) is 27.8 Å². The van der Waals surface area contributed by atoms with Gasteiger partial charge in [-0.3, -0.25) is 4.99 Å². The number of nitrogens with one attached hydrogen (secondary N) is 2. The molecule has 0 spiro atoms. The van der Waals surface area contributed by atoms with Crippen LogP contribution >= 0.6 is 24.0 Å². The first-order valence-electron chi connectivity index (χ1n) is 9.28. The molecule has 0 amide bonds. The van der Waals surface area contributed by atoms with Crippen molar-refractivity contribution in [3.05, 3.63) is 59.4 Å². The van der Waals surface area contributed by atoms with Gasteiger partial charge in [0.05, 0.1) is 20.8 Å². The van der Waals surface area contributed by atoms with Crippen LogP contribution in [-0.2, 0) is 13.0 Å². The summed E-state index contributed by atoms with van der Waals surface area (Å²) in [5.41, 5.74) is 3.23. The van der Waals surface area contributed by atoms with Gasteiger partial charge in [-0.05, 0) is 37.1 Å². The highest BCUT2D eigenvalue weighted by Gasteiger charge is 2.10. The summed E-state index contributed by atoms with van der Waals surface area (Å²) >= 11 is 0. The Balaban J connectivity index is 0.00000300. The van der Waals surface area contributed by atoms with Crippen LogP contribution in [0.25, 0.3) is 11.0 Å². The summed E-state index contributed by atoms with van der Waals surface area (Å²) < 4.78 is 16.6. The molecule has 0 radical (unpaired) electrons. The number of methoxy groups -OCH3 is 2. The minimum atomic E-state index is 0. The molecule has 156 valence electrons. The highest BCUT2D eigenvalue weighted by atomic mass is 127. The zero-order valence-electron chi connectivity index (χ0n) is 17.2. The smallest absolute Gasteiger partial charge is 0.191 e. The molecule has 0 aliphatic rings. The second kappa shape index (κ2) is 10.9. The van der Waals surface area contributed by atoms with Crippen LogP contribution in [0.5, 0.6) is 11.5 Å². The molecule has 0 atom stereocenters. The van der Waals surface area contributed by atoms with E-state index in [9.17, 15) is 0 Å². The molecule has 0 bridgehead atoms. The molecule has 1 heterocycles. The first kappa shape index (κ1) is 22.9. The molecule has 0 saturated carbocycles. The molecule has 2 aromatic carbocycles. The number of para-hydroxylation sites is 1. The van der Waals surface area contributed by atoms with Crippen molar-refractivity contribution in [1.82, 2.24) is 10.6 Å². The van der Waals surface area contributed by atoms with Gasteiger partial charge in [-0.15, -0.1) is 24.0 Å². The fourth-order valence-corrected chi connectivity index (χ4v) is 3.14.